The summed E-state index contributed by atoms with van der Waals surface area (Å²) in [5.41, 5.74) is 1.73. The van der Waals surface area contributed by atoms with Crippen LogP contribution in [0.5, 0.6) is 0 Å². The standard InChI is InChI=1S/C16H19Cl2N3O/c1-3-5-8-22-16(13-7-6-12(17)9-14(13)18)15(4-2)21-11-19-10-20-21/h6-7,9-11H,3-5,8H2,1-2H3/b16-15+. The molecule has 0 N–H and O–H groups in total. The first-order chi connectivity index (χ1) is 10.7. The van der Waals surface area contributed by atoms with E-state index in [0.29, 0.717) is 16.7 Å². The molecule has 118 valence electrons. The van der Waals surface area contributed by atoms with Crippen LogP contribution in [-0.2, 0) is 4.74 Å². The van der Waals surface area contributed by atoms with Crippen molar-refractivity contribution in [3.8, 4) is 0 Å². The molecule has 2 rings (SSSR count). The number of benzene rings is 1. The van der Waals surface area contributed by atoms with Crippen LogP contribution in [0.1, 0.15) is 38.7 Å². The molecular formula is C16H19Cl2N3O. The Kier molecular flexibility index (Phi) is 6.28. The quantitative estimate of drug-likeness (QED) is 0.518. The zero-order valence-electron chi connectivity index (χ0n) is 12.7. The van der Waals surface area contributed by atoms with Crippen molar-refractivity contribution in [3.63, 3.8) is 0 Å². The van der Waals surface area contributed by atoms with Gasteiger partial charge in [-0.1, -0.05) is 43.5 Å². The van der Waals surface area contributed by atoms with E-state index in [1.54, 1.807) is 23.1 Å². The molecule has 4 nitrogen and oxygen atoms in total. The Labute approximate surface area is 140 Å². The van der Waals surface area contributed by atoms with Crippen LogP contribution in [-0.4, -0.2) is 21.4 Å². The second-order valence-corrected chi connectivity index (χ2v) is 5.64. The summed E-state index contributed by atoms with van der Waals surface area (Å²) in [5.74, 6) is 0.725. The van der Waals surface area contributed by atoms with Gasteiger partial charge >= 0.3 is 0 Å². The minimum absolute atomic E-state index is 0.560. The van der Waals surface area contributed by atoms with Gasteiger partial charge in [0.05, 0.1) is 17.3 Å². The molecule has 2 aromatic rings. The molecule has 1 heterocycles. The molecule has 0 radical (unpaired) electrons. The molecule has 0 aliphatic rings. The van der Waals surface area contributed by atoms with Crippen molar-refractivity contribution in [2.45, 2.75) is 33.1 Å². The smallest absolute Gasteiger partial charge is 0.149 e. The number of halogens is 2. The summed E-state index contributed by atoms with van der Waals surface area (Å²) in [6.07, 6.45) is 5.94. The molecule has 0 aliphatic heterocycles. The third-order valence-electron chi connectivity index (χ3n) is 3.21. The molecule has 1 aromatic carbocycles. The lowest BCUT2D eigenvalue weighted by Gasteiger charge is -2.17. The topological polar surface area (TPSA) is 39.9 Å². The lowest BCUT2D eigenvalue weighted by Crippen LogP contribution is -2.05. The summed E-state index contributed by atoms with van der Waals surface area (Å²) in [7, 11) is 0. The van der Waals surface area contributed by atoms with Crippen molar-refractivity contribution in [2.75, 3.05) is 6.61 Å². The van der Waals surface area contributed by atoms with E-state index in [-0.39, 0.29) is 0 Å². The van der Waals surface area contributed by atoms with Gasteiger partial charge in [-0.15, -0.1) is 0 Å². The van der Waals surface area contributed by atoms with Gasteiger partial charge < -0.3 is 4.74 Å². The third-order valence-corrected chi connectivity index (χ3v) is 3.76. The summed E-state index contributed by atoms with van der Waals surface area (Å²) >= 11 is 12.3. The zero-order valence-corrected chi connectivity index (χ0v) is 14.2. The fraction of sp³-hybridized carbons (Fsp3) is 0.375. The highest BCUT2D eigenvalue weighted by Crippen LogP contribution is 2.32. The number of nitrogens with zero attached hydrogens (tertiary/aromatic N) is 3. The van der Waals surface area contributed by atoms with Crippen LogP contribution in [0, 0.1) is 0 Å². The monoisotopic (exact) mass is 339 g/mol. The van der Waals surface area contributed by atoms with E-state index in [0.717, 1.165) is 36.3 Å². The summed E-state index contributed by atoms with van der Waals surface area (Å²) in [6.45, 7) is 4.80. The van der Waals surface area contributed by atoms with E-state index in [1.165, 1.54) is 6.33 Å². The van der Waals surface area contributed by atoms with Gasteiger partial charge in [-0.05, 0) is 31.0 Å². The van der Waals surface area contributed by atoms with Crippen LogP contribution in [0.2, 0.25) is 10.0 Å². The fourth-order valence-electron chi connectivity index (χ4n) is 2.08. The third kappa shape index (κ3) is 4.02. The molecule has 0 spiro atoms. The molecule has 0 amide bonds. The molecule has 0 saturated carbocycles. The predicted molar refractivity (Wildman–Crippen MR) is 90.7 cm³/mol. The van der Waals surface area contributed by atoms with Crippen LogP contribution in [0.4, 0.5) is 0 Å². The minimum Gasteiger partial charge on any atom is -0.491 e. The normalized spacial score (nSPS) is 12.2. The molecule has 1 aromatic heterocycles. The Hall–Kier alpha value is -1.52. The molecule has 22 heavy (non-hydrogen) atoms. The summed E-state index contributed by atoms with van der Waals surface area (Å²) < 4.78 is 7.74. The van der Waals surface area contributed by atoms with E-state index in [4.69, 9.17) is 27.9 Å². The van der Waals surface area contributed by atoms with Crippen molar-refractivity contribution in [3.05, 3.63) is 46.5 Å². The minimum atomic E-state index is 0.560. The fourth-order valence-corrected chi connectivity index (χ4v) is 2.58. The van der Waals surface area contributed by atoms with E-state index in [1.807, 2.05) is 13.0 Å². The van der Waals surface area contributed by atoms with Gasteiger partial charge in [-0.25, -0.2) is 9.67 Å². The van der Waals surface area contributed by atoms with Crippen LogP contribution >= 0.6 is 23.2 Å². The van der Waals surface area contributed by atoms with Gasteiger partial charge in [-0.3, -0.25) is 0 Å². The maximum Gasteiger partial charge on any atom is 0.149 e. The van der Waals surface area contributed by atoms with E-state index < -0.39 is 0 Å². The number of hydrogen-bond donors (Lipinski definition) is 0. The van der Waals surface area contributed by atoms with Crippen LogP contribution < -0.4 is 0 Å². The Bertz CT molecular complexity index is 639. The molecule has 6 heteroatoms. The van der Waals surface area contributed by atoms with Gasteiger partial charge in [-0.2, -0.15) is 5.10 Å². The summed E-state index contributed by atoms with van der Waals surface area (Å²) in [6, 6.07) is 5.40. The van der Waals surface area contributed by atoms with Crippen LogP contribution in [0.3, 0.4) is 0 Å². The highest BCUT2D eigenvalue weighted by atomic mass is 35.5. The first kappa shape index (κ1) is 16.8. The first-order valence-corrected chi connectivity index (χ1v) is 8.09. The molecule has 0 fully saturated rings. The molecule has 0 bridgehead atoms. The maximum absolute atomic E-state index is 6.36. The van der Waals surface area contributed by atoms with Crippen molar-refractivity contribution < 1.29 is 4.74 Å². The van der Waals surface area contributed by atoms with E-state index in [9.17, 15) is 0 Å². The molecule has 0 unspecified atom stereocenters. The van der Waals surface area contributed by atoms with Crippen molar-refractivity contribution >= 4 is 34.7 Å². The second-order valence-electron chi connectivity index (χ2n) is 4.80. The van der Waals surface area contributed by atoms with Gasteiger partial charge in [0.2, 0.25) is 0 Å². The van der Waals surface area contributed by atoms with Gasteiger partial charge in [0.1, 0.15) is 18.4 Å². The largest absolute Gasteiger partial charge is 0.491 e. The molecule has 0 saturated heterocycles. The number of ether oxygens (including phenoxy) is 1. The summed E-state index contributed by atoms with van der Waals surface area (Å²) in [5, 5.41) is 5.37. The van der Waals surface area contributed by atoms with Crippen molar-refractivity contribution in [1.29, 1.82) is 0 Å². The molecular weight excluding hydrogens is 321 g/mol. The van der Waals surface area contributed by atoms with Gasteiger partial charge in [0.25, 0.3) is 0 Å². The first-order valence-electron chi connectivity index (χ1n) is 7.33. The Morgan fingerprint density at radius 3 is 2.68 bits per heavy atom. The average Bonchev–Trinajstić information content (AvgIpc) is 3.01. The summed E-state index contributed by atoms with van der Waals surface area (Å²) in [4.78, 5) is 4.01. The van der Waals surface area contributed by atoms with Gasteiger partial charge in [0, 0.05) is 10.6 Å². The molecule has 0 aliphatic carbocycles. The Morgan fingerprint density at radius 2 is 2.09 bits per heavy atom. The second kappa shape index (κ2) is 8.20. The van der Waals surface area contributed by atoms with Crippen LogP contribution in [0.15, 0.2) is 30.9 Å². The lowest BCUT2D eigenvalue weighted by atomic mass is 10.1. The van der Waals surface area contributed by atoms with Crippen molar-refractivity contribution in [1.82, 2.24) is 14.8 Å². The number of hydrogen-bond acceptors (Lipinski definition) is 3. The predicted octanol–water partition coefficient (Wildman–Crippen LogP) is 5.14. The number of rotatable bonds is 7. The number of aromatic nitrogens is 3. The van der Waals surface area contributed by atoms with E-state index >= 15 is 0 Å². The van der Waals surface area contributed by atoms with E-state index in [2.05, 4.69) is 17.0 Å². The zero-order chi connectivity index (χ0) is 15.9. The Morgan fingerprint density at radius 1 is 1.27 bits per heavy atom. The van der Waals surface area contributed by atoms with Crippen molar-refractivity contribution in [2.24, 2.45) is 0 Å². The SMILES string of the molecule is CCCCO/C(=C(\CC)n1cncn1)c1ccc(Cl)cc1Cl. The highest BCUT2D eigenvalue weighted by molar-refractivity contribution is 6.35. The van der Waals surface area contributed by atoms with Crippen LogP contribution in [0.25, 0.3) is 11.5 Å². The number of allylic oxidation sites excluding steroid dienone is 1. The lowest BCUT2D eigenvalue weighted by molar-refractivity contribution is 0.269. The maximum atomic E-state index is 6.36. The number of unbranched alkanes of at least 4 members (excludes halogenated alkanes) is 1. The highest BCUT2D eigenvalue weighted by Gasteiger charge is 2.16. The van der Waals surface area contributed by atoms with Gasteiger partial charge in [0.15, 0.2) is 0 Å². The average molecular weight is 340 g/mol. The molecule has 0 atom stereocenters. The Balaban J connectivity index is 2.49.